The zero-order valence-corrected chi connectivity index (χ0v) is 23.5. The SMILES string of the molecule is CC#C[C@]1(C(C)=O)CC[C@H]2[C@@H]3CC(C)C4=CC(=NO)CCC4=C3[C@@H](c3ccc(N4CCCC4)cc3)C[C@@]21C. The van der Waals surface area contributed by atoms with Gasteiger partial charge in [-0.3, -0.25) is 4.79 Å². The summed E-state index contributed by atoms with van der Waals surface area (Å²) in [7, 11) is 0. The number of ketones is 1. The summed E-state index contributed by atoms with van der Waals surface area (Å²) in [5, 5.41) is 13.1. The van der Waals surface area contributed by atoms with Crippen molar-refractivity contribution in [2.45, 2.75) is 85.0 Å². The summed E-state index contributed by atoms with van der Waals surface area (Å²) < 4.78 is 0. The second-order valence-electron chi connectivity index (χ2n) is 12.8. The molecule has 38 heavy (non-hydrogen) atoms. The lowest BCUT2D eigenvalue weighted by molar-refractivity contribution is -0.130. The van der Waals surface area contributed by atoms with Gasteiger partial charge in [0.05, 0.1) is 11.1 Å². The van der Waals surface area contributed by atoms with E-state index in [0.717, 1.165) is 57.3 Å². The van der Waals surface area contributed by atoms with Gasteiger partial charge in [0.25, 0.3) is 0 Å². The molecule has 0 amide bonds. The average Bonchev–Trinajstić information content (AvgIpc) is 3.56. The van der Waals surface area contributed by atoms with Gasteiger partial charge in [0.1, 0.15) is 5.78 Å². The largest absolute Gasteiger partial charge is 0.411 e. The number of benzene rings is 1. The van der Waals surface area contributed by atoms with E-state index < -0.39 is 5.41 Å². The monoisotopic (exact) mass is 510 g/mol. The third kappa shape index (κ3) is 3.64. The van der Waals surface area contributed by atoms with Crippen LogP contribution in [-0.4, -0.2) is 29.8 Å². The van der Waals surface area contributed by atoms with Crippen molar-refractivity contribution >= 4 is 17.2 Å². The Morgan fingerprint density at radius 1 is 1.16 bits per heavy atom. The molecule has 4 nitrogen and oxygen atoms in total. The van der Waals surface area contributed by atoms with Crippen molar-refractivity contribution in [1.82, 2.24) is 0 Å². The van der Waals surface area contributed by atoms with Crippen LogP contribution < -0.4 is 4.90 Å². The molecule has 1 unspecified atom stereocenters. The van der Waals surface area contributed by atoms with Crippen molar-refractivity contribution in [3.05, 3.63) is 52.6 Å². The van der Waals surface area contributed by atoms with Gasteiger partial charge in [-0.2, -0.15) is 0 Å². The fraction of sp³-hybridized carbons (Fsp3) is 0.588. The predicted molar refractivity (Wildman–Crippen MR) is 153 cm³/mol. The zero-order valence-electron chi connectivity index (χ0n) is 23.5. The Balaban J connectivity index is 1.51. The summed E-state index contributed by atoms with van der Waals surface area (Å²) in [4.78, 5) is 15.9. The highest BCUT2D eigenvalue weighted by atomic mass is 16.4. The molecule has 0 bridgehead atoms. The van der Waals surface area contributed by atoms with Crippen molar-refractivity contribution in [2.24, 2.45) is 33.7 Å². The van der Waals surface area contributed by atoms with Crippen molar-refractivity contribution in [1.29, 1.82) is 0 Å². The van der Waals surface area contributed by atoms with Crippen LogP contribution in [0.2, 0.25) is 0 Å². The van der Waals surface area contributed by atoms with Crippen LogP contribution in [0.5, 0.6) is 0 Å². The van der Waals surface area contributed by atoms with E-state index in [4.69, 9.17) is 0 Å². The minimum absolute atomic E-state index is 0.151. The molecule has 2 saturated carbocycles. The Kier molecular flexibility index (Phi) is 6.33. The van der Waals surface area contributed by atoms with Gasteiger partial charge in [0.2, 0.25) is 0 Å². The molecule has 1 aliphatic heterocycles. The first-order chi connectivity index (χ1) is 18.3. The van der Waals surface area contributed by atoms with Crippen molar-refractivity contribution in [2.75, 3.05) is 18.0 Å². The number of carbonyl (C=O) groups excluding carboxylic acids is 1. The number of hydrogen-bond acceptors (Lipinski definition) is 4. The maximum absolute atomic E-state index is 13.4. The summed E-state index contributed by atoms with van der Waals surface area (Å²) in [5.74, 6) is 8.58. The number of carbonyl (C=O) groups is 1. The molecule has 4 heteroatoms. The number of rotatable bonds is 3. The third-order valence-electron chi connectivity index (χ3n) is 11.1. The van der Waals surface area contributed by atoms with Crippen LogP contribution in [0.25, 0.3) is 0 Å². The van der Waals surface area contributed by atoms with Crippen molar-refractivity contribution < 1.29 is 10.0 Å². The normalized spacial score (nSPS) is 37.2. The van der Waals surface area contributed by atoms with Crippen LogP contribution in [0, 0.1) is 40.4 Å². The number of Topliss-reactive ketones (excluding diaryl/α,β-unsaturated/α-hetero) is 1. The van der Waals surface area contributed by atoms with E-state index in [1.54, 1.807) is 12.5 Å². The predicted octanol–water partition coefficient (Wildman–Crippen LogP) is 7.29. The maximum Gasteiger partial charge on any atom is 0.148 e. The van der Waals surface area contributed by atoms with E-state index in [2.05, 4.69) is 66.1 Å². The standard InChI is InChI=1S/C34H42N2O2/c1-5-15-34(23(3)37)16-14-31-29-19-22(2)28-20-25(35-38)10-13-27(28)32(29)30(21-33(31,34)4)24-8-11-26(12-9-24)36-17-6-7-18-36/h8-9,11-12,20,22,29-31,38H,6-7,10,13-14,16-19,21H2,1-4H3/t22?,29-,30+,31-,33-,34+/m0/s1. The Labute approximate surface area is 228 Å². The fourth-order valence-electron chi connectivity index (χ4n) is 9.35. The minimum atomic E-state index is -0.557. The van der Waals surface area contributed by atoms with E-state index in [0.29, 0.717) is 17.8 Å². The van der Waals surface area contributed by atoms with Gasteiger partial charge in [0.15, 0.2) is 0 Å². The Morgan fingerprint density at radius 3 is 2.55 bits per heavy atom. The first kappa shape index (κ1) is 25.5. The van der Waals surface area contributed by atoms with Crippen molar-refractivity contribution in [3.8, 4) is 11.8 Å². The molecule has 4 aliphatic carbocycles. The molecular formula is C34H42N2O2. The second kappa shape index (κ2) is 9.44. The highest BCUT2D eigenvalue weighted by Gasteiger charge is 2.65. The first-order valence-corrected chi connectivity index (χ1v) is 14.8. The van der Waals surface area contributed by atoms with Crippen LogP contribution >= 0.6 is 0 Å². The molecule has 1 aromatic carbocycles. The van der Waals surface area contributed by atoms with Crippen molar-refractivity contribution in [3.63, 3.8) is 0 Å². The van der Waals surface area contributed by atoms with E-state index >= 15 is 0 Å². The molecule has 0 radical (unpaired) electrons. The highest BCUT2D eigenvalue weighted by molar-refractivity contribution is 5.97. The molecule has 3 fully saturated rings. The molecule has 0 aromatic heterocycles. The molecular weight excluding hydrogens is 468 g/mol. The van der Waals surface area contributed by atoms with Gasteiger partial charge < -0.3 is 10.1 Å². The number of fused-ring (bicyclic) bond motifs is 4. The summed E-state index contributed by atoms with van der Waals surface area (Å²) in [6.07, 6.45) is 10.5. The lowest BCUT2D eigenvalue weighted by atomic mass is 9.47. The van der Waals surface area contributed by atoms with Gasteiger partial charge in [-0.05, 0) is 123 Å². The molecule has 1 heterocycles. The lowest BCUT2D eigenvalue weighted by Crippen LogP contribution is -2.50. The van der Waals surface area contributed by atoms with Crippen LogP contribution in [0.15, 0.2) is 52.2 Å². The second-order valence-corrected chi connectivity index (χ2v) is 12.8. The van der Waals surface area contributed by atoms with E-state index in [-0.39, 0.29) is 17.1 Å². The highest BCUT2D eigenvalue weighted by Crippen LogP contribution is 2.70. The van der Waals surface area contributed by atoms with Gasteiger partial charge in [-0.25, -0.2) is 0 Å². The molecule has 6 atom stereocenters. The first-order valence-electron chi connectivity index (χ1n) is 14.8. The number of allylic oxidation sites excluding steroid dienone is 4. The molecule has 5 aliphatic rings. The Bertz CT molecular complexity index is 1290. The van der Waals surface area contributed by atoms with E-state index in [1.165, 1.54) is 35.2 Å². The van der Waals surface area contributed by atoms with Gasteiger partial charge in [-0.1, -0.05) is 42.6 Å². The maximum atomic E-state index is 13.4. The Hall–Kier alpha value is -2.80. The number of anilines is 1. The lowest BCUT2D eigenvalue weighted by Gasteiger charge is -2.55. The molecule has 200 valence electrons. The van der Waals surface area contributed by atoms with Crippen LogP contribution in [0.1, 0.15) is 90.5 Å². The summed E-state index contributed by atoms with van der Waals surface area (Å²) in [6.45, 7) is 10.7. The Morgan fingerprint density at radius 2 is 1.89 bits per heavy atom. The molecule has 0 spiro atoms. The van der Waals surface area contributed by atoms with Crippen LogP contribution in [0.4, 0.5) is 5.69 Å². The van der Waals surface area contributed by atoms with Gasteiger partial charge >= 0.3 is 0 Å². The van der Waals surface area contributed by atoms with Crippen LogP contribution in [-0.2, 0) is 4.79 Å². The summed E-state index contributed by atoms with van der Waals surface area (Å²) >= 11 is 0. The summed E-state index contributed by atoms with van der Waals surface area (Å²) in [5.41, 5.74) is 7.31. The summed E-state index contributed by atoms with van der Waals surface area (Å²) in [6, 6.07) is 9.39. The molecule has 1 aromatic rings. The number of nitrogens with zero attached hydrogens (tertiary/aromatic N) is 2. The topological polar surface area (TPSA) is 52.9 Å². The minimum Gasteiger partial charge on any atom is -0.411 e. The van der Waals surface area contributed by atoms with Gasteiger partial charge in [0, 0.05) is 24.7 Å². The average molecular weight is 511 g/mol. The van der Waals surface area contributed by atoms with E-state index in [1.807, 2.05) is 6.92 Å². The van der Waals surface area contributed by atoms with Gasteiger partial charge in [-0.15, -0.1) is 5.92 Å². The third-order valence-corrected chi connectivity index (χ3v) is 11.1. The fourth-order valence-corrected chi connectivity index (χ4v) is 9.35. The number of hydrogen-bond donors (Lipinski definition) is 1. The van der Waals surface area contributed by atoms with Crippen LogP contribution in [0.3, 0.4) is 0 Å². The quantitative estimate of drug-likeness (QED) is 0.264. The number of oxime groups is 1. The molecule has 1 N–H and O–H groups in total. The zero-order chi connectivity index (χ0) is 26.7. The molecule has 1 saturated heterocycles. The van der Waals surface area contributed by atoms with E-state index in [9.17, 15) is 10.0 Å². The smallest absolute Gasteiger partial charge is 0.148 e. The molecule has 6 rings (SSSR count).